The number of rotatable bonds is 2. The Balaban J connectivity index is 1.93. The maximum absolute atomic E-state index is 13.4. The van der Waals surface area contributed by atoms with Crippen LogP contribution in [0.25, 0.3) is 0 Å². The van der Waals surface area contributed by atoms with Crippen LogP contribution >= 0.6 is 0 Å². The van der Waals surface area contributed by atoms with Gasteiger partial charge in [-0.1, -0.05) is 19.1 Å². The second-order valence-corrected chi connectivity index (χ2v) is 6.69. The van der Waals surface area contributed by atoms with E-state index in [1.54, 1.807) is 7.11 Å². The van der Waals surface area contributed by atoms with Gasteiger partial charge in [0.05, 0.1) is 12.6 Å². The summed E-state index contributed by atoms with van der Waals surface area (Å²) in [6, 6.07) is 9.63. The number of hydrogen-bond acceptors (Lipinski definition) is 2. The smallest absolute Gasteiger partial charge is 0.273 e. The Morgan fingerprint density at radius 1 is 1.17 bits per heavy atom. The number of amides is 1. The Kier molecular flexibility index (Phi) is 3.48. The molecule has 2 aliphatic rings. The molecule has 1 atom stereocenters. The molecule has 124 valence electrons. The highest BCUT2D eigenvalue weighted by Crippen LogP contribution is 2.45. The Morgan fingerprint density at radius 3 is 2.67 bits per heavy atom. The highest BCUT2D eigenvalue weighted by Gasteiger charge is 2.49. The van der Waals surface area contributed by atoms with Crippen molar-refractivity contribution >= 4 is 5.91 Å². The molecular formula is C20H22N2O2. The molecule has 1 aliphatic carbocycles. The summed E-state index contributed by atoms with van der Waals surface area (Å²) in [4.78, 5) is 13.4. The van der Waals surface area contributed by atoms with E-state index in [0.29, 0.717) is 0 Å². The molecule has 1 amide bonds. The van der Waals surface area contributed by atoms with Crippen LogP contribution in [0.2, 0.25) is 0 Å². The molecule has 4 heteroatoms. The lowest BCUT2D eigenvalue weighted by molar-refractivity contribution is 0.0890. The summed E-state index contributed by atoms with van der Waals surface area (Å²) in [5.74, 6) is 0.820. The SMILES string of the molecule is C=C1CCCC[C@]12Cc1c(OC)cccc1C(=O)N2n1cccc1. The summed E-state index contributed by atoms with van der Waals surface area (Å²) in [5.41, 5.74) is 2.52. The molecular weight excluding hydrogens is 300 g/mol. The van der Waals surface area contributed by atoms with Gasteiger partial charge >= 0.3 is 0 Å². The number of methoxy groups -OCH3 is 1. The molecule has 0 saturated heterocycles. The monoisotopic (exact) mass is 322 g/mol. The third kappa shape index (κ3) is 2.02. The maximum atomic E-state index is 13.4. The molecule has 0 bridgehead atoms. The minimum absolute atomic E-state index is 0.0226. The van der Waals surface area contributed by atoms with Crippen LogP contribution in [0.1, 0.15) is 41.6 Å². The summed E-state index contributed by atoms with van der Waals surface area (Å²) in [5, 5.41) is 1.91. The number of hydrogen-bond donors (Lipinski definition) is 0. The van der Waals surface area contributed by atoms with Crippen LogP contribution in [0.4, 0.5) is 0 Å². The largest absolute Gasteiger partial charge is 0.496 e. The van der Waals surface area contributed by atoms with E-state index >= 15 is 0 Å². The first-order valence-electron chi connectivity index (χ1n) is 8.49. The van der Waals surface area contributed by atoms with Crippen LogP contribution in [-0.2, 0) is 6.42 Å². The van der Waals surface area contributed by atoms with Gasteiger partial charge < -0.3 is 4.74 Å². The molecule has 0 N–H and O–H groups in total. The molecule has 1 saturated carbocycles. The van der Waals surface area contributed by atoms with Crippen LogP contribution in [0.5, 0.6) is 5.75 Å². The third-order valence-corrected chi connectivity index (χ3v) is 5.45. The molecule has 1 fully saturated rings. The van der Waals surface area contributed by atoms with E-state index in [1.807, 2.05) is 52.4 Å². The van der Waals surface area contributed by atoms with Gasteiger partial charge in [-0.15, -0.1) is 0 Å². The molecule has 24 heavy (non-hydrogen) atoms. The molecule has 0 unspecified atom stereocenters. The van der Waals surface area contributed by atoms with Gasteiger partial charge in [0.15, 0.2) is 0 Å². The second kappa shape index (κ2) is 5.55. The van der Waals surface area contributed by atoms with E-state index in [4.69, 9.17) is 4.74 Å². The van der Waals surface area contributed by atoms with E-state index in [1.165, 1.54) is 0 Å². The number of carbonyl (C=O) groups is 1. The predicted octanol–water partition coefficient (Wildman–Crippen LogP) is 3.70. The van der Waals surface area contributed by atoms with Crippen molar-refractivity contribution < 1.29 is 9.53 Å². The van der Waals surface area contributed by atoms with Crippen LogP contribution < -0.4 is 9.75 Å². The van der Waals surface area contributed by atoms with Gasteiger partial charge in [0.25, 0.3) is 5.91 Å². The Hall–Kier alpha value is -2.49. The predicted molar refractivity (Wildman–Crippen MR) is 94.0 cm³/mol. The number of ether oxygens (including phenoxy) is 1. The number of carbonyl (C=O) groups excluding carboxylic acids is 1. The lowest BCUT2D eigenvalue weighted by Gasteiger charge is -2.50. The quantitative estimate of drug-likeness (QED) is 0.790. The number of aromatic nitrogens is 1. The van der Waals surface area contributed by atoms with Gasteiger partial charge in [-0.2, -0.15) is 0 Å². The van der Waals surface area contributed by atoms with Gasteiger partial charge in [-0.05, 0) is 49.1 Å². The second-order valence-electron chi connectivity index (χ2n) is 6.69. The van der Waals surface area contributed by atoms with Crippen molar-refractivity contribution in [2.45, 2.75) is 37.6 Å². The average Bonchev–Trinajstić information content (AvgIpc) is 3.11. The summed E-state index contributed by atoms with van der Waals surface area (Å²) >= 11 is 0. The zero-order valence-corrected chi connectivity index (χ0v) is 14.0. The molecule has 4 nitrogen and oxygen atoms in total. The van der Waals surface area contributed by atoms with Gasteiger partial charge in [0, 0.05) is 29.9 Å². The first-order chi connectivity index (χ1) is 11.7. The fourth-order valence-electron chi connectivity index (χ4n) is 4.23. The Morgan fingerprint density at radius 2 is 1.96 bits per heavy atom. The fourth-order valence-corrected chi connectivity index (χ4v) is 4.23. The van der Waals surface area contributed by atoms with Crippen LogP contribution in [-0.4, -0.2) is 23.2 Å². The fraction of sp³-hybridized carbons (Fsp3) is 0.350. The van der Waals surface area contributed by atoms with E-state index in [0.717, 1.165) is 54.6 Å². The summed E-state index contributed by atoms with van der Waals surface area (Å²) in [7, 11) is 1.67. The van der Waals surface area contributed by atoms with Crippen molar-refractivity contribution in [2.75, 3.05) is 12.1 Å². The third-order valence-electron chi connectivity index (χ3n) is 5.45. The number of nitrogens with zero attached hydrogens (tertiary/aromatic N) is 2. The molecule has 1 spiro atoms. The van der Waals surface area contributed by atoms with Crippen LogP contribution in [0, 0.1) is 0 Å². The van der Waals surface area contributed by atoms with Crippen molar-refractivity contribution in [2.24, 2.45) is 0 Å². The summed E-state index contributed by atoms with van der Waals surface area (Å²) in [6.07, 6.45) is 8.79. The summed E-state index contributed by atoms with van der Waals surface area (Å²) < 4.78 is 7.47. The van der Waals surface area contributed by atoms with E-state index in [9.17, 15) is 4.79 Å². The van der Waals surface area contributed by atoms with Crippen molar-refractivity contribution in [1.82, 2.24) is 4.68 Å². The van der Waals surface area contributed by atoms with E-state index in [-0.39, 0.29) is 11.4 Å². The normalized spacial score (nSPS) is 23.5. The van der Waals surface area contributed by atoms with Gasteiger partial charge in [0.2, 0.25) is 0 Å². The van der Waals surface area contributed by atoms with Crippen molar-refractivity contribution in [3.8, 4) is 5.75 Å². The minimum Gasteiger partial charge on any atom is -0.496 e. The zero-order valence-electron chi connectivity index (χ0n) is 14.0. The van der Waals surface area contributed by atoms with Gasteiger partial charge in [0.1, 0.15) is 5.75 Å². The molecule has 2 aromatic rings. The first kappa shape index (κ1) is 15.1. The van der Waals surface area contributed by atoms with Crippen LogP contribution in [0.15, 0.2) is 54.9 Å². The maximum Gasteiger partial charge on any atom is 0.273 e. The van der Waals surface area contributed by atoms with Crippen molar-refractivity contribution in [3.05, 3.63) is 66.0 Å². The molecule has 1 aromatic carbocycles. The molecule has 4 rings (SSSR count). The van der Waals surface area contributed by atoms with Gasteiger partial charge in [-0.3, -0.25) is 9.47 Å². The lowest BCUT2D eigenvalue weighted by atomic mass is 9.71. The van der Waals surface area contributed by atoms with Crippen LogP contribution in [0.3, 0.4) is 0 Å². The highest BCUT2D eigenvalue weighted by molar-refractivity contribution is 6.06. The molecule has 2 heterocycles. The lowest BCUT2D eigenvalue weighted by Crippen LogP contribution is -2.63. The Bertz CT molecular complexity index is 794. The van der Waals surface area contributed by atoms with Gasteiger partial charge in [-0.25, -0.2) is 5.01 Å². The van der Waals surface area contributed by atoms with E-state index in [2.05, 4.69) is 6.58 Å². The highest BCUT2D eigenvalue weighted by atomic mass is 16.5. The number of fused-ring (bicyclic) bond motifs is 1. The zero-order chi connectivity index (χ0) is 16.7. The summed E-state index contributed by atoms with van der Waals surface area (Å²) in [6.45, 7) is 4.37. The average molecular weight is 322 g/mol. The van der Waals surface area contributed by atoms with Crippen molar-refractivity contribution in [1.29, 1.82) is 0 Å². The standard InChI is InChI=1S/C20H22N2O2/c1-15-8-3-4-11-20(15)14-17-16(9-7-10-18(17)24-2)19(23)22(20)21-12-5-6-13-21/h5-7,9-10,12-13H,1,3-4,8,11,14H2,2H3/t20-/m0/s1. The topological polar surface area (TPSA) is 34.5 Å². The van der Waals surface area contributed by atoms with E-state index < -0.39 is 0 Å². The number of benzene rings is 1. The molecule has 1 aliphatic heterocycles. The van der Waals surface area contributed by atoms with Crippen molar-refractivity contribution in [3.63, 3.8) is 0 Å². The minimum atomic E-state index is -0.365. The molecule has 0 radical (unpaired) electrons. The molecule has 1 aromatic heterocycles. The Labute approximate surface area is 142 Å². The first-order valence-corrected chi connectivity index (χ1v) is 8.49.